The summed E-state index contributed by atoms with van der Waals surface area (Å²) in [5.74, 6) is -1.45. The molecule has 1 aromatic carbocycles. The van der Waals surface area contributed by atoms with Crippen molar-refractivity contribution in [1.29, 1.82) is 0 Å². The van der Waals surface area contributed by atoms with Crippen molar-refractivity contribution in [1.82, 2.24) is 5.32 Å². The number of nitrogens with one attached hydrogen (secondary N) is 2. The van der Waals surface area contributed by atoms with Crippen LogP contribution in [-0.2, 0) is 9.59 Å². The number of amides is 1. The summed E-state index contributed by atoms with van der Waals surface area (Å²) >= 11 is 0. The van der Waals surface area contributed by atoms with Crippen molar-refractivity contribution in [3.8, 4) is 0 Å². The summed E-state index contributed by atoms with van der Waals surface area (Å²) in [7, 11) is 0. The highest BCUT2D eigenvalue weighted by Gasteiger charge is 2.33. The summed E-state index contributed by atoms with van der Waals surface area (Å²) in [5.41, 5.74) is 1.97. The molecule has 0 radical (unpaired) electrons. The maximum Gasteiger partial charge on any atom is 0.308 e. The third kappa shape index (κ3) is 2.98. The Morgan fingerprint density at radius 3 is 2.77 bits per heavy atom. The summed E-state index contributed by atoms with van der Waals surface area (Å²) in [6.45, 7) is 0. The van der Waals surface area contributed by atoms with Crippen LogP contribution in [0.2, 0.25) is 0 Å². The third-order valence-corrected chi connectivity index (χ3v) is 4.43. The van der Waals surface area contributed by atoms with E-state index in [4.69, 9.17) is 0 Å². The highest BCUT2D eigenvalue weighted by atomic mass is 16.4. The molecule has 3 N–H and O–H groups in total. The fourth-order valence-corrected chi connectivity index (χ4v) is 3.21. The Bertz CT molecular complexity index is 612. The average molecular weight is 300 g/mol. The molecule has 2 aliphatic rings. The van der Waals surface area contributed by atoms with Gasteiger partial charge in [-0.25, -0.2) is 0 Å². The quantitative estimate of drug-likeness (QED) is 0.800. The molecule has 1 saturated carbocycles. The summed E-state index contributed by atoms with van der Waals surface area (Å²) in [6, 6.07) is 7.05. The van der Waals surface area contributed by atoms with Gasteiger partial charge in [-0.3, -0.25) is 9.59 Å². The second-order valence-electron chi connectivity index (χ2n) is 5.91. The number of carboxylic acid groups (broad SMARTS) is 1. The van der Waals surface area contributed by atoms with E-state index in [1.54, 1.807) is 0 Å². The van der Waals surface area contributed by atoms with E-state index in [0.717, 1.165) is 30.5 Å². The fourth-order valence-electron chi connectivity index (χ4n) is 3.21. The normalized spacial score (nSPS) is 26.6. The number of carboxylic acids is 1. The largest absolute Gasteiger partial charge is 0.481 e. The molecule has 22 heavy (non-hydrogen) atoms. The molecule has 5 heteroatoms. The molecule has 0 spiro atoms. The second-order valence-corrected chi connectivity index (χ2v) is 5.91. The fraction of sp³-hybridized carbons (Fsp3) is 0.412. The molecule has 3 rings (SSSR count). The lowest BCUT2D eigenvalue weighted by Gasteiger charge is -2.31. The lowest BCUT2D eigenvalue weighted by atomic mass is 9.84. The minimum atomic E-state index is -0.817. The zero-order valence-electron chi connectivity index (χ0n) is 12.3. The monoisotopic (exact) mass is 300 g/mol. The van der Waals surface area contributed by atoms with Crippen LogP contribution in [0.3, 0.4) is 0 Å². The number of hydrogen-bond donors (Lipinski definition) is 3. The molecule has 0 saturated heterocycles. The van der Waals surface area contributed by atoms with Crippen LogP contribution in [0.1, 0.15) is 31.2 Å². The molecule has 3 atom stereocenters. The van der Waals surface area contributed by atoms with Gasteiger partial charge in [0.1, 0.15) is 6.04 Å². The van der Waals surface area contributed by atoms with E-state index in [-0.39, 0.29) is 11.9 Å². The minimum absolute atomic E-state index is 0.163. The third-order valence-electron chi connectivity index (χ3n) is 4.43. The van der Waals surface area contributed by atoms with Crippen LogP contribution in [0.5, 0.6) is 0 Å². The predicted octanol–water partition coefficient (Wildman–Crippen LogP) is 2.25. The van der Waals surface area contributed by atoms with Gasteiger partial charge in [0, 0.05) is 11.7 Å². The summed E-state index contributed by atoms with van der Waals surface area (Å²) in [5, 5.41) is 15.4. The van der Waals surface area contributed by atoms with Crippen LogP contribution < -0.4 is 10.6 Å². The zero-order valence-corrected chi connectivity index (χ0v) is 12.3. The molecule has 1 unspecified atom stereocenters. The molecule has 1 aromatic rings. The first kappa shape index (κ1) is 14.6. The topological polar surface area (TPSA) is 78.4 Å². The van der Waals surface area contributed by atoms with Crippen molar-refractivity contribution in [2.24, 2.45) is 5.92 Å². The van der Waals surface area contributed by atoms with Gasteiger partial charge in [-0.05, 0) is 24.5 Å². The van der Waals surface area contributed by atoms with Crippen molar-refractivity contribution < 1.29 is 14.7 Å². The number of anilines is 1. The Morgan fingerprint density at radius 1 is 1.18 bits per heavy atom. The van der Waals surface area contributed by atoms with Gasteiger partial charge in [0.15, 0.2) is 0 Å². The minimum Gasteiger partial charge on any atom is -0.481 e. The molecule has 0 bridgehead atoms. The van der Waals surface area contributed by atoms with E-state index < -0.39 is 17.9 Å². The Morgan fingerprint density at radius 2 is 1.95 bits per heavy atom. The summed E-state index contributed by atoms with van der Waals surface area (Å²) < 4.78 is 0. The lowest BCUT2D eigenvalue weighted by molar-refractivity contribution is -0.144. The highest BCUT2D eigenvalue weighted by Crippen LogP contribution is 2.26. The number of carbonyl (C=O) groups is 2. The van der Waals surface area contributed by atoms with E-state index >= 15 is 0 Å². The number of hydrogen-bond acceptors (Lipinski definition) is 3. The zero-order chi connectivity index (χ0) is 15.5. The van der Waals surface area contributed by atoms with Crippen molar-refractivity contribution in [3.05, 3.63) is 35.9 Å². The summed E-state index contributed by atoms with van der Waals surface area (Å²) in [4.78, 5) is 23.7. The van der Waals surface area contributed by atoms with E-state index in [1.165, 1.54) is 0 Å². The van der Waals surface area contributed by atoms with Crippen LogP contribution in [0, 0.1) is 5.92 Å². The molecule has 5 nitrogen and oxygen atoms in total. The molecule has 1 aliphatic heterocycles. The lowest BCUT2D eigenvalue weighted by Crippen LogP contribution is -2.50. The molecule has 1 aliphatic carbocycles. The molecular formula is C17H20N2O3. The standard InChI is InChI=1S/C17H20N2O3/c20-16(19-14-8-4-2-6-12(14)17(21)22)15-10-9-11-5-1-3-7-13(11)18-15/h1,3,5,7,9-10,12,14-15,18H,2,4,6,8H2,(H,19,20)(H,21,22)/t12-,14+,15?/m1/s1. The van der Waals surface area contributed by atoms with Gasteiger partial charge >= 0.3 is 5.97 Å². The Labute approximate surface area is 129 Å². The first-order valence-corrected chi connectivity index (χ1v) is 7.72. The van der Waals surface area contributed by atoms with Crippen molar-refractivity contribution in [2.75, 3.05) is 5.32 Å². The Balaban J connectivity index is 1.66. The smallest absolute Gasteiger partial charge is 0.308 e. The van der Waals surface area contributed by atoms with Crippen LogP contribution in [0.25, 0.3) is 6.08 Å². The number of benzene rings is 1. The van der Waals surface area contributed by atoms with Crippen LogP contribution in [-0.4, -0.2) is 29.1 Å². The van der Waals surface area contributed by atoms with Crippen molar-refractivity contribution >= 4 is 23.6 Å². The number of para-hydroxylation sites is 1. The number of fused-ring (bicyclic) bond motifs is 1. The van der Waals surface area contributed by atoms with Gasteiger partial charge in [-0.15, -0.1) is 0 Å². The average Bonchev–Trinajstić information content (AvgIpc) is 2.54. The van der Waals surface area contributed by atoms with Crippen molar-refractivity contribution in [2.45, 2.75) is 37.8 Å². The van der Waals surface area contributed by atoms with Crippen molar-refractivity contribution in [3.63, 3.8) is 0 Å². The first-order valence-electron chi connectivity index (χ1n) is 7.72. The van der Waals surface area contributed by atoms with E-state index in [0.29, 0.717) is 6.42 Å². The van der Waals surface area contributed by atoms with Gasteiger partial charge in [0.25, 0.3) is 0 Å². The number of rotatable bonds is 3. The molecular weight excluding hydrogens is 280 g/mol. The summed E-state index contributed by atoms with van der Waals surface area (Å²) in [6.07, 6.45) is 6.98. The van der Waals surface area contributed by atoms with Gasteiger partial charge in [-0.2, -0.15) is 0 Å². The van der Waals surface area contributed by atoms with Gasteiger partial charge in [-0.1, -0.05) is 43.2 Å². The second kappa shape index (κ2) is 6.22. The highest BCUT2D eigenvalue weighted by molar-refractivity contribution is 5.91. The molecule has 1 fully saturated rings. The predicted molar refractivity (Wildman–Crippen MR) is 84.4 cm³/mol. The maximum atomic E-state index is 12.4. The van der Waals surface area contributed by atoms with E-state index in [9.17, 15) is 14.7 Å². The first-order chi connectivity index (χ1) is 10.6. The van der Waals surface area contributed by atoms with E-state index in [1.807, 2.05) is 36.4 Å². The van der Waals surface area contributed by atoms with Gasteiger partial charge < -0.3 is 15.7 Å². The van der Waals surface area contributed by atoms with Crippen LogP contribution >= 0.6 is 0 Å². The Hall–Kier alpha value is -2.30. The van der Waals surface area contributed by atoms with Crippen LogP contribution in [0.15, 0.2) is 30.3 Å². The van der Waals surface area contributed by atoms with E-state index in [2.05, 4.69) is 10.6 Å². The Kier molecular flexibility index (Phi) is 4.13. The van der Waals surface area contributed by atoms with Gasteiger partial charge in [0.2, 0.25) is 5.91 Å². The maximum absolute atomic E-state index is 12.4. The number of aliphatic carboxylic acids is 1. The molecule has 1 amide bonds. The molecule has 1 heterocycles. The number of carbonyl (C=O) groups excluding carboxylic acids is 1. The SMILES string of the molecule is O=C(N[C@H]1CCCC[C@H]1C(=O)O)C1C=Cc2ccccc2N1. The molecule has 0 aromatic heterocycles. The van der Waals surface area contributed by atoms with Gasteiger partial charge in [0.05, 0.1) is 5.92 Å². The van der Waals surface area contributed by atoms with Crippen LogP contribution in [0.4, 0.5) is 5.69 Å². The molecule has 116 valence electrons.